The summed E-state index contributed by atoms with van der Waals surface area (Å²) in [4.78, 5) is 29.9. The third-order valence-corrected chi connectivity index (χ3v) is 3.61. The average molecular weight is 276 g/mol. The molecule has 0 aliphatic heterocycles. The Morgan fingerprint density at radius 1 is 1.47 bits per heavy atom. The lowest BCUT2D eigenvalue weighted by Crippen LogP contribution is -2.13. The molecule has 2 heterocycles. The third kappa shape index (κ3) is 1.84. The number of carboxylic acid groups (broad SMARTS) is 1. The van der Waals surface area contributed by atoms with Crippen molar-refractivity contribution in [1.82, 2.24) is 9.97 Å². The van der Waals surface area contributed by atoms with E-state index in [-0.39, 0.29) is 5.75 Å². The molecule has 0 fully saturated rings. The number of aryl methyl sites for hydroxylation is 1. The van der Waals surface area contributed by atoms with Gasteiger partial charge in [0.05, 0.1) is 26.1 Å². The lowest BCUT2D eigenvalue weighted by Gasteiger charge is -2.02. The first kappa shape index (κ1) is 11.7. The smallest absolute Gasteiger partial charge is 0.449 e. The number of carbonyl (C=O) groups is 1. The number of nitrogens with one attached hydrogen (secondary N) is 1. The number of ether oxygens (including phenoxy) is 1. The van der Waals surface area contributed by atoms with Gasteiger partial charge in [-0.3, -0.25) is 4.79 Å². The zero-order valence-corrected chi connectivity index (χ0v) is 10.6. The Balaban J connectivity index is 2.42. The highest BCUT2D eigenvalue weighted by Gasteiger charge is 2.14. The predicted octanol–water partition coefficient (Wildman–Crippen LogP) is 2.50. The molecule has 0 atom stereocenters. The van der Waals surface area contributed by atoms with E-state index in [4.69, 9.17) is 5.11 Å². The van der Waals surface area contributed by atoms with Crippen LogP contribution in [0.2, 0.25) is 0 Å². The summed E-state index contributed by atoms with van der Waals surface area (Å²) in [6.45, 7) is 1.85. The van der Waals surface area contributed by atoms with Gasteiger partial charge in [0, 0.05) is 6.20 Å². The highest BCUT2D eigenvalue weighted by Crippen LogP contribution is 2.27. The van der Waals surface area contributed by atoms with Crippen molar-refractivity contribution in [3.05, 3.63) is 33.6 Å². The molecule has 0 radical (unpaired) electrons. The summed E-state index contributed by atoms with van der Waals surface area (Å²) in [6.07, 6.45) is -0.282. The van der Waals surface area contributed by atoms with Crippen molar-refractivity contribution in [2.24, 2.45) is 0 Å². The van der Waals surface area contributed by atoms with Crippen LogP contribution in [0.3, 0.4) is 0 Å². The maximum Gasteiger partial charge on any atom is 0.511 e. The van der Waals surface area contributed by atoms with Gasteiger partial charge in [-0.2, -0.15) is 0 Å². The van der Waals surface area contributed by atoms with Crippen LogP contribution >= 0.6 is 11.3 Å². The molecule has 0 unspecified atom stereocenters. The normalized spacial score (nSPS) is 11.0. The monoisotopic (exact) mass is 276 g/mol. The summed E-state index contributed by atoms with van der Waals surface area (Å²) in [5.74, 6) is -0.252. The number of nitrogens with zero attached hydrogens (tertiary/aromatic N) is 1. The second kappa shape index (κ2) is 4.06. The number of pyridine rings is 1. The molecule has 7 heteroatoms. The standard InChI is InChI=1S/C12H8N2O4S/c1-5-14-10-8(19-5)3-2-6-9(10)11(15)7(4-13-6)18-12(16)17/h2-4H,1H3,(H,13,15)(H,16,17). The summed E-state index contributed by atoms with van der Waals surface area (Å²) in [6, 6.07) is 3.64. The lowest BCUT2D eigenvalue weighted by atomic mass is 10.2. The van der Waals surface area contributed by atoms with Gasteiger partial charge in [-0.15, -0.1) is 11.3 Å². The Kier molecular flexibility index (Phi) is 2.49. The van der Waals surface area contributed by atoms with E-state index in [0.717, 1.165) is 9.71 Å². The first-order valence-electron chi connectivity index (χ1n) is 5.38. The fourth-order valence-electron chi connectivity index (χ4n) is 1.96. The molecule has 0 saturated heterocycles. The van der Waals surface area contributed by atoms with Gasteiger partial charge in [-0.05, 0) is 19.1 Å². The fraction of sp³-hybridized carbons (Fsp3) is 0.0833. The number of hydrogen-bond acceptors (Lipinski definition) is 5. The van der Waals surface area contributed by atoms with Crippen LogP contribution < -0.4 is 10.2 Å². The Hall–Kier alpha value is -2.41. The number of H-pyrrole nitrogens is 1. The SMILES string of the molecule is Cc1nc2c(ccc3[nH]cc(OC(=O)O)c(=O)c32)s1. The minimum absolute atomic E-state index is 0.252. The van der Waals surface area contributed by atoms with Crippen LogP contribution in [0.1, 0.15) is 5.01 Å². The number of hydrogen-bond donors (Lipinski definition) is 2. The molecular weight excluding hydrogens is 268 g/mol. The zero-order valence-electron chi connectivity index (χ0n) is 9.76. The minimum Gasteiger partial charge on any atom is -0.449 e. The van der Waals surface area contributed by atoms with Gasteiger partial charge in [-0.1, -0.05) is 0 Å². The molecule has 0 aliphatic carbocycles. The molecular formula is C12H8N2O4S. The highest BCUT2D eigenvalue weighted by molar-refractivity contribution is 7.18. The van der Waals surface area contributed by atoms with Crippen LogP contribution in [0.5, 0.6) is 5.75 Å². The molecule has 2 aromatic heterocycles. The number of aromatic nitrogens is 2. The molecule has 0 bridgehead atoms. The lowest BCUT2D eigenvalue weighted by molar-refractivity contribution is 0.144. The summed E-state index contributed by atoms with van der Waals surface area (Å²) in [5, 5.41) is 9.78. The third-order valence-electron chi connectivity index (χ3n) is 2.67. The van der Waals surface area contributed by atoms with Crippen LogP contribution in [0.25, 0.3) is 21.1 Å². The van der Waals surface area contributed by atoms with Gasteiger partial charge < -0.3 is 14.8 Å². The molecule has 0 amide bonds. The second-order valence-corrected chi connectivity index (χ2v) is 5.15. The summed E-state index contributed by atoms with van der Waals surface area (Å²) < 4.78 is 5.34. The quantitative estimate of drug-likeness (QED) is 0.666. The van der Waals surface area contributed by atoms with Crippen LogP contribution in [-0.2, 0) is 0 Å². The summed E-state index contributed by atoms with van der Waals surface area (Å²) in [7, 11) is 0. The molecule has 96 valence electrons. The van der Waals surface area contributed by atoms with E-state index in [1.54, 1.807) is 6.07 Å². The molecule has 19 heavy (non-hydrogen) atoms. The zero-order chi connectivity index (χ0) is 13.6. The number of fused-ring (bicyclic) bond motifs is 3. The Bertz CT molecular complexity index is 865. The number of thiazole rings is 1. The van der Waals surface area contributed by atoms with E-state index in [9.17, 15) is 9.59 Å². The first-order valence-corrected chi connectivity index (χ1v) is 6.20. The molecule has 2 N–H and O–H groups in total. The first-order chi connectivity index (χ1) is 9.06. The fourth-order valence-corrected chi connectivity index (χ4v) is 2.79. The molecule has 1 aromatic carbocycles. The molecule has 0 aliphatic rings. The van der Waals surface area contributed by atoms with Crippen molar-refractivity contribution in [1.29, 1.82) is 0 Å². The summed E-state index contributed by atoms with van der Waals surface area (Å²) in [5.41, 5.74) is 0.685. The van der Waals surface area contributed by atoms with Gasteiger partial charge in [0.25, 0.3) is 0 Å². The molecule has 3 rings (SSSR count). The summed E-state index contributed by atoms with van der Waals surface area (Å²) >= 11 is 1.47. The van der Waals surface area contributed by atoms with E-state index in [2.05, 4.69) is 14.7 Å². The van der Waals surface area contributed by atoms with Gasteiger partial charge in [0.15, 0.2) is 5.75 Å². The minimum atomic E-state index is -1.52. The van der Waals surface area contributed by atoms with Crippen molar-refractivity contribution in [2.75, 3.05) is 0 Å². The predicted molar refractivity (Wildman–Crippen MR) is 71.1 cm³/mol. The van der Waals surface area contributed by atoms with Crippen LogP contribution in [-0.4, -0.2) is 21.2 Å². The van der Waals surface area contributed by atoms with Crippen molar-refractivity contribution in [3.8, 4) is 5.75 Å². The van der Waals surface area contributed by atoms with Crippen LogP contribution in [0, 0.1) is 6.92 Å². The maximum absolute atomic E-state index is 12.2. The Morgan fingerprint density at radius 2 is 2.26 bits per heavy atom. The Labute approximate surface area is 110 Å². The van der Waals surface area contributed by atoms with Crippen molar-refractivity contribution in [2.45, 2.75) is 6.92 Å². The topological polar surface area (TPSA) is 92.3 Å². The van der Waals surface area contributed by atoms with Gasteiger partial charge >= 0.3 is 6.16 Å². The van der Waals surface area contributed by atoms with Gasteiger partial charge in [-0.25, -0.2) is 9.78 Å². The molecule has 0 saturated carbocycles. The van der Waals surface area contributed by atoms with Crippen molar-refractivity contribution >= 4 is 38.6 Å². The van der Waals surface area contributed by atoms with Crippen LogP contribution in [0.4, 0.5) is 4.79 Å². The number of benzene rings is 1. The van der Waals surface area contributed by atoms with Gasteiger partial charge in [0.1, 0.15) is 0 Å². The van der Waals surface area contributed by atoms with Crippen molar-refractivity contribution < 1.29 is 14.6 Å². The van der Waals surface area contributed by atoms with E-state index in [1.807, 2.05) is 13.0 Å². The second-order valence-electron chi connectivity index (χ2n) is 3.92. The van der Waals surface area contributed by atoms with E-state index in [1.165, 1.54) is 17.5 Å². The van der Waals surface area contributed by atoms with E-state index in [0.29, 0.717) is 16.4 Å². The van der Waals surface area contributed by atoms with Crippen LogP contribution in [0.15, 0.2) is 23.1 Å². The van der Waals surface area contributed by atoms with E-state index < -0.39 is 11.6 Å². The molecule has 3 aromatic rings. The van der Waals surface area contributed by atoms with Gasteiger partial charge in [0.2, 0.25) is 5.43 Å². The Morgan fingerprint density at radius 3 is 3.00 bits per heavy atom. The van der Waals surface area contributed by atoms with Crippen molar-refractivity contribution in [3.63, 3.8) is 0 Å². The van der Waals surface area contributed by atoms with E-state index >= 15 is 0 Å². The largest absolute Gasteiger partial charge is 0.511 e. The maximum atomic E-state index is 12.2. The number of aromatic amines is 1. The molecule has 6 nitrogen and oxygen atoms in total. The average Bonchev–Trinajstić information content (AvgIpc) is 2.72. The highest BCUT2D eigenvalue weighted by atomic mass is 32.1. The molecule has 0 spiro atoms. The number of rotatable bonds is 1.